The van der Waals surface area contributed by atoms with Crippen LogP contribution >= 0.6 is 0 Å². The summed E-state index contributed by atoms with van der Waals surface area (Å²) in [5.41, 5.74) is 1.20. The molecule has 0 saturated carbocycles. The van der Waals surface area contributed by atoms with E-state index in [-0.39, 0.29) is 6.04 Å². The SMILES string of the molecule is C=CCn1ccnc1NC1CCOc2ccccc21. The van der Waals surface area contributed by atoms with E-state index in [0.717, 1.165) is 31.3 Å². The molecule has 2 heterocycles. The standard InChI is InChI=1S/C15H17N3O/c1-2-9-18-10-8-16-15(18)17-13-7-11-19-14-6-4-3-5-12(13)14/h2-6,8,10,13H,1,7,9,11H2,(H,16,17). The maximum absolute atomic E-state index is 5.67. The van der Waals surface area contributed by atoms with Gasteiger partial charge in [-0.2, -0.15) is 0 Å². The van der Waals surface area contributed by atoms with Gasteiger partial charge < -0.3 is 14.6 Å². The number of allylic oxidation sites excluding steroid dienone is 1. The number of benzene rings is 1. The van der Waals surface area contributed by atoms with Gasteiger partial charge in [-0.15, -0.1) is 6.58 Å². The van der Waals surface area contributed by atoms with E-state index in [9.17, 15) is 0 Å². The molecule has 0 bridgehead atoms. The third-order valence-electron chi connectivity index (χ3n) is 3.30. The highest BCUT2D eigenvalue weighted by atomic mass is 16.5. The Morgan fingerprint density at radius 3 is 3.26 bits per heavy atom. The summed E-state index contributed by atoms with van der Waals surface area (Å²) in [6, 6.07) is 8.40. The minimum atomic E-state index is 0.246. The number of ether oxygens (including phenoxy) is 1. The Balaban J connectivity index is 1.84. The van der Waals surface area contributed by atoms with Crippen LogP contribution in [-0.2, 0) is 6.54 Å². The van der Waals surface area contributed by atoms with E-state index < -0.39 is 0 Å². The summed E-state index contributed by atoms with van der Waals surface area (Å²) in [6.07, 6.45) is 6.56. The number of hydrogen-bond donors (Lipinski definition) is 1. The van der Waals surface area contributed by atoms with Gasteiger partial charge in [0.25, 0.3) is 0 Å². The molecule has 1 N–H and O–H groups in total. The Morgan fingerprint density at radius 2 is 2.37 bits per heavy atom. The van der Waals surface area contributed by atoms with Crippen LogP contribution in [0.5, 0.6) is 5.75 Å². The molecule has 1 aromatic heterocycles. The average Bonchev–Trinajstić information content (AvgIpc) is 2.87. The van der Waals surface area contributed by atoms with Crippen molar-refractivity contribution in [2.24, 2.45) is 0 Å². The van der Waals surface area contributed by atoms with Gasteiger partial charge in [0.2, 0.25) is 5.95 Å². The van der Waals surface area contributed by atoms with Crippen molar-refractivity contribution < 1.29 is 4.74 Å². The van der Waals surface area contributed by atoms with Crippen LogP contribution in [0.25, 0.3) is 0 Å². The second-order valence-electron chi connectivity index (χ2n) is 4.56. The summed E-state index contributed by atoms with van der Waals surface area (Å²) in [7, 11) is 0. The molecule has 1 aliphatic heterocycles. The number of rotatable bonds is 4. The highest BCUT2D eigenvalue weighted by Gasteiger charge is 2.21. The lowest BCUT2D eigenvalue weighted by molar-refractivity contribution is 0.274. The second-order valence-corrected chi connectivity index (χ2v) is 4.56. The highest BCUT2D eigenvalue weighted by Crippen LogP contribution is 2.33. The number of hydrogen-bond acceptors (Lipinski definition) is 3. The molecule has 1 aromatic carbocycles. The molecule has 1 atom stereocenters. The van der Waals surface area contributed by atoms with Gasteiger partial charge in [0.15, 0.2) is 0 Å². The maximum atomic E-state index is 5.67. The van der Waals surface area contributed by atoms with E-state index in [1.165, 1.54) is 5.56 Å². The van der Waals surface area contributed by atoms with E-state index in [4.69, 9.17) is 4.74 Å². The fourth-order valence-corrected chi connectivity index (χ4v) is 2.38. The number of aromatic nitrogens is 2. The molecule has 0 radical (unpaired) electrons. The zero-order valence-electron chi connectivity index (χ0n) is 10.7. The first-order valence-electron chi connectivity index (χ1n) is 6.49. The van der Waals surface area contributed by atoms with Gasteiger partial charge in [0.1, 0.15) is 5.75 Å². The van der Waals surface area contributed by atoms with E-state index in [1.807, 2.05) is 35.0 Å². The first kappa shape index (κ1) is 11.8. The van der Waals surface area contributed by atoms with Crippen molar-refractivity contribution in [3.8, 4) is 5.75 Å². The number of fused-ring (bicyclic) bond motifs is 1. The summed E-state index contributed by atoms with van der Waals surface area (Å²) >= 11 is 0. The van der Waals surface area contributed by atoms with E-state index in [1.54, 1.807) is 6.20 Å². The van der Waals surface area contributed by atoms with E-state index in [2.05, 4.69) is 22.9 Å². The zero-order valence-corrected chi connectivity index (χ0v) is 10.7. The van der Waals surface area contributed by atoms with Crippen LogP contribution in [0, 0.1) is 0 Å². The zero-order chi connectivity index (χ0) is 13.1. The van der Waals surface area contributed by atoms with Crippen molar-refractivity contribution in [2.45, 2.75) is 19.0 Å². The normalized spacial score (nSPS) is 17.4. The van der Waals surface area contributed by atoms with Crippen LogP contribution in [-0.4, -0.2) is 16.2 Å². The smallest absolute Gasteiger partial charge is 0.203 e. The molecule has 1 unspecified atom stereocenters. The minimum Gasteiger partial charge on any atom is -0.493 e. The topological polar surface area (TPSA) is 39.1 Å². The lowest BCUT2D eigenvalue weighted by atomic mass is 10.0. The summed E-state index contributed by atoms with van der Waals surface area (Å²) in [5, 5.41) is 3.49. The van der Waals surface area contributed by atoms with Crippen LogP contribution in [0.4, 0.5) is 5.95 Å². The largest absolute Gasteiger partial charge is 0.493 e. The van der Waals surface area contributed by atoms with Gasteiger partial charge in [-0.05, 0) is 6.07 Å². The monoisotopic (exact) mass is 255 g/mol. The highest BCUT2D eigenvalue weighted by molar-refractivity contribution is 5.42. The van der Waals surface area contributed by atoms with Crippen molar-refractivity contribution in [3.63, 3.8) is 0 Å². The maximum Gasteiger partial charge on any atom is 0.203 e. The minimum absolute atomic E-state index is 0.246. The van der Waals surface area contributed by atoms with Gasteiger partial charge in [-0.1, -0.05) is 24.3 Å². The third-order valence-corrected chi connectivity index (χ3v) is 3.30. The lowest BCUT2D eigenvalue weighted by Crippen LogP contribution is -2.21. The van der Waals surface area contributed by atoms with E-state index in [0.29, 0.717) is 0 Å². The van der Waals surface area contributed by atoms with Crippen LogP contribution in [0.2, 0.25) is 0 Å². The van der Waals surface area contributed by atoms with Gasteiger partial charge in [0, 0.05) is 30.9 Å². The van der Waals surface area contributed by atoms with Gasteiger partial charge in [0.05, 0.1) is 12.6 Å². The first-order valence-corrected chi connectivity index (χ1v) is 6.49. The fourth-order valence-electron chi connectivity index (χ4n) is 2.38. The molecular weight excluding hydrogens is 238 g/mol. The van der Waals surface area contributed by atoms with Crippen molar-refractivity contribution in [1.29, 1.82) is 0 Å². The number of imidazole rings is 1. The predicted molar refractivity (Wildman–Crippen MR) is 75.3 cm³/mol. The molecule has 0 amide bonds. The molecule has 98 valence electrons. The molecule has 19 heavy (non-hydrogen) atoms. The van der Waals surface area contributed by atoms with Crippen LogP contribution < -0.4 is 10.1 Å². The molecule has 3 rings (SSSR count). The van der Waals surface area contributed by atoms with Gasteiger partial charge >= 0.3 is 0 Å². The molecule has 4 nitrogen and oxygen atoms in total. The van der Waals surface area contributed by atoms with Crippen molar-refractivity contribution >= 4 is 5.95 Å². The lowest BCUT2D eigenvalue weighted by Gasteiger charge is -2.27. The average molecular weight is 255 g/mol. The molecular formula is C15H17N3O. The Bertz CT molecular complexity index is 576. The Kier molecular flexibility index (Phi) is 3.23. The van der Waals surface area contributed by atoms with Crippen LogP contribution in [0.1, 0.15) is 18.0 Å². The fraction of sp³-hybridized carbons (Fsp3) is 0.267. The first-order chi connectivity index (χ1) is 9.38. The summed E-state index contributed by atoms with van der Waals surface area (Å²) in [6.45, 7) is 5.25. The van der Waals surface area contributed by atoms with Gasteiger partial charge in [-0.3, -0.25) is 0 Å². The van der Waals surface area contributed by atoms with Crippen LogP contribution in [0.3, 0.4) is 0 Å². The van der Waals surface area contributed by atoms with Crippen molar-refractivity contribution in [1.82, 2.24) is 9.55 Å². The quantitative estimate of drug-likeness (QED) is 0.854. The molecule has 4 heteroatoms. The molecule has 0 fully saturated rings. The number of nitrogens with zero attached hydrogens (tertiary/aromatic N) is 2. The Labute approximate surface area is 112 Å². The Hall–Kier alpha value is -2.23. The molecule has 0 aliphatic carbocycles. The molecule has 2 aromatic rings. The number of para-hydroxylation sites is 1. The van der Waals surface area contributed by atoms with Crippen molar-refractivity contribution in [3.05, 3.63) is 54.9 Å². The molecule has 0 spiro atoms. The molecule has 0 saturated heterocycles. The summed E-state index contributed by atoms with van der Waals surface area (Å²) < 4.78 is 7.71. The van der Waals surface area contributed by atoms with Crippen LogP contribution in [0.15, 0.2) is 49.3 Å². The molecule has 1 aliphatic rings. The number of anilines is 1. The third kappa shape index (κ3) is 2.34. The van der Waals surface area contributed by atoms with E-state index >= 15 is 0 Å². The second kappa shape index (κ2) is 5.18. The van der Waals surface area contributed by atoms with Gasteiger partial charge in [-0.25, -0.2) is 4.98 Å². The summed E-state index contributed by atoms with van der Waals surface area (Å²) in [5.74, 6) is 1.84. The summed E-state index contributed by atoms with van der Waals surface area (Å²) in [4.78, 5) is 4.37. The number of nitrogens with one attached hydrogen (secondary N) is 1. The Morgan fingerprint density at radius 1 is 1.47 bits per heavy atom. The van der Waals surface area contributed by atoms with Crippen molar-refractivity contribution in [2.75, 3.05) is 11.9 Å². The predicted octanol–water partition coefficient (Wildman–Crippen LogP) is 3.00.